The maximum absolute atomic E-state index is 3.55. The van der Waals surface area contributed by atoms with Crippen LogP contribution in [0.2, 0.25) is 0 Å². The average Bonchev–Trinajstić information content (AvgIpc) is 2.57. The number of aryl methyl sites for hydroxylation is 3. The fourth-order valence-electron chi connectivity index (χ4n) is 2.06. The second-order valence-electron chi connectivity index (χ2n) is 3.80. The number of rotatable bonds is 3. The monoisotopic (exact) mass is 241 g/mol. The Hall–Kier alpha value is -0.240. The van der Waals surface area contributed by atoms with E-state index in [1.807, 2.05) is 0 Å². The second kappa shape index (κ2) is 4.32. The molecule has 0 saturated heterocycles. The van der Waals surface area contributed by atoms with E-state index in [0.29, 0.717) is 0 Å². The fourth-order valence-corrected chi connectivity index (χ4v) is 2.34. The molecule has 1 aromatic heterocycles. The average molecular weight is 242 g/mol. The van der Waals surface area contributed by atoms with Gasteiger partial charge < -0.3 is 4.98 Å². The number of hydrogen-bond donors (Lipinski definition) is 1. The molecular formula is C11H16BrN. The maximum Gasteiger partial charge on any atom is 0.0181 e. The van der Waals surface area contributed by atoms with Gasteiger partial charge in [-0.2, -0.15) is 0 Å². The van der Waals surface area contributed by atoms with Gasteiger partial charge >= 0.3 is 0 Å². The van der Waals surface area contributed by atoms with Crippen molar-refractivity contribution in [2.45, 2.75) is 38.5 Å². The third kappa shape index (κ3) is 2.16. The molecule has 0 fully saturated rings. The van der Waals surface area contributed by atoms with E-state index >= 15 is 0 Å². The maximum atomic E-state index is 3.55. The molecule has 0 spiro atoms. The Labute approximate surface area is 88.1 Å². The van der Waals surface area contributed by atoms with Gasteiger partial charge in [-0.25, -0.2) is 0 Å². The number of aromatic amines is 1. The highest BCUT2D eigenvalue weighted by atomic mass is 79.9. The summed E-state index contributed by atoms with van der Waals surface area (Å²) in [6, 6.07) is 2.37. The Morgan fingerprint density at radius 1 is 1.31 bits per heavy atom. The van der Waals surface area contributed by atoms with Gasteiger partial charge in [0.25, 0.3) is 0 Å². The second-order valence-corrected chi connectivity index (χ2v) is 4.59. The number of fused-ring (bicyclic) bond motifs is 1. The first-order chi connectivity index (χ1) is 6.40. The van der Waals surface area contributed by atoms with Gasteiger partial charge in [-0.15, -0.1) is 0 Å². The Morgan fingerprint density at radius 3 is 2.92 bits per heavy atom. The normalized spacial score (nSPS) is 15.8. The first-order valence-electron chi connectivity index (χ1n) is 5.16. The van der Waals surface area contributed by atoms with Crippen molar-refractivity contribution in [3.63, 3.8) is 0 Å². The molecule has 72 valence electrons. The van der Waals surface area contributed by atoms with Crippen LogP contribution in [0.25, 0.3) is 0 Å². The van der Waals surface area contributed by atoms with Gasteiger partial charge in [0, 0.05) is 16.7 Å². The summed E-state index contributed by atoms with van der Waals surface area (Å²) in [5, 5.41) is 1.11. The van der Waals surface area contributed by atoms with E-state index in [2.05, 4.69) is 27.0 Å². The van der Waals surface area contributed by atoms with E-state index in [9.17, 15) is 0 Å². The summed E-state index contributed by atoms with van der Waals surface area (Å²) in [7, 11) is 0. The van der Waals surface area contributed by atoms with Crippen molar-refractivity contribution in [1.82, 2.24) is 4.98 Å². The molecule has 0 bridgehead atoms. The topological polar surface area (TPSA) is 15.8 Å². The molecule has 1 aliphatic rings. The van der Waals surface area contributed by atoms with Crippen LogP contribution in [0.15, 0.2) is 6.07 Å². The summed E-state index contributed by atoms with van der Waals surface area (Å²) in [5.74, 6) is 0. The summed E-state index contributed by atoms with van der Waals surface area (Å²) in [6.45, 7) is 0. The summed E-state index contributed by atoms with van der Waals surface area (Å²) in [4.78, 5) is 3.55. The van der Waals surface area contributed by atoms with Crippen LogP contribution in [0.3, 0.4) is 0 Å². The minimum absolute atomic E-state index is 1.11. The van der Waals surface area contributed by atoms with Gasteiger partial charge in [0.05, 0.1) is 0 Å². The van der Waals surface area contributed by atoms with E-state index in [1.165, 1.54) is 49.9 Å². The summed E-state index contributed by atoms with van der Waals surface area (Å²) in [5.41, 5.74) is 4.53. The molecule has 13 heavy (non-hydrogen) atoms. The third-order valence-electron chi connectivity index (χ3n) is 2.75. The van der Waals surface area contributed by atoms with Crippen LogP contribution in [0.1, 0.15) is 36.2 Å². The van der Waals surface area contributed by atoms with Crippen LogP contribution in [0.5, 0.6) is 0 Å². The van der Waals surface area contributed by atoms with Crippen LogP contribution in [-0.4, -0.2) is 10.3 Å². The molecule has 1 heterocycles. The van der Waals surface area contributed by atoms with Gasteiger partial charge in [0.2, 0.25) is 0 Å². The van der Waals surface area contributed by atoms with Gasteiger partial charge in [0.1, 0.15) is 0 Å². The van der Waals surface area contributed by atoms with Crippen molar-refractivity contribution in [3.8, 4) is 0 Å². The largest absolute Gasteiger partial charge is 0.362 e. The van der Waals surface area contributed by atoms with Crippen LogP contribution < -0.4 is 0 Å². The highest BCUT2D eigenvalue weighted by Gasteiger charge is 2.11. The zero-order valence-electron chi connectivity index (χ0n) is 7.91. The van der Waals surface area contributed by atoms with Crippen molar-refractivity contribution in [1.29, 1.82) is 0 Å². The van der Waals surface area contributed by atoms with Gasteiger partial charge in [-0.05, 0) is 50.2 Å². The number of halogens is 1. The number of alkyl halides is 1. The lowest BCUT2D eigenvalue weighted by molar-refractivity contribution is 0.676. The number of H-pyrrole nitrogens is 1. The molecule has 0 unspecified atom stereocenters. The van der Waals surface area contributed by atoms with Crippen LogP contribution in [0.4, 0.5) is 0 Å². The molecule has 0 saturated carbocycles. The molecule has 2 rings (SSSR count). The van der Waals surface area contributed by atoms with E-state index in [4.69, 9.17) is 0 Å². The van der Waals surface area contributed by atoms with E-state index in [0.717, 1.165) is 5.33 Å². The van der Waals surface area contributed by atoms with Crippen molar-refractivity contribution in [2.24, 2.45) is 0 Å². The smallest absolute Gasteiger partial charge is 0.0181 e. The van der Waals surface area contributed by atoms with Crippen molar-refractivity contribution in [3.05, 3.63) is 23.0 Å². The standard InChI is InChI=1S/C11H16BrN/c12-7-3-5-10-8-9-4-1-2-6-11(9)13-10/h8,13H,1-7H2. The molecule has 0 amide bonds. The lowest BCUT2D eigenvalue weighted by atomic mass is 9.98. The van der Waals surface area contributed by atoms with Crippen molar-refractivity contribution < 1.29 is 0 Å². The van der Waals surface area contributed by atoms with Gasteiger partial charge in [-0.3, -0.25) is 0 Å². The number of hydrogen-bond acceptors (Lipinski definition) is 0. The highest BCUT2D eigenvalue weighted by Crippen LogP contribution is 2.22. The number of nitrogens with one attached hydrogen (secondary N) is 1. The highest BCUT2D eigenvalue weighted by molar-refractivity contribution is 9.09. The zero-order chi connectivity index (χ0) is 9.10. The molecule has 1 aromatic rings. The Kier molecular flexibility index (Phi) is 3.09. The predicted molar refractivity (Wildman–Crippen MR) is 59.5 cm³/mol. The Bertz CT molecular complexity index is 254. The first-order valence-corrected chi connectivity index (χ1v) is 6.28. The molecule has 0 radical (unpaired) electrons. The molecule has 0 atom stereocenters. The van der Waals surface area contributed by atoms with Gasteiger partial charge in [-0.1, -0.05) is 15.9 Å². The summed E-state index contributed by atoms with van der Waals surface area (Å²) in [6.07, 6.45) is 7.73. The quantitative estimate of drug-likeness (QED) is 0.783. The van der Waals surface area contributed by atoms with E-state index in [-0.39, 0.29) is 0 Å². The fraction of sp³-hybridized carbons (Fsp3) is 0.636. The molecular weight excluding hydrogens is 226 g/mol. The predicted octanol–water partition coefficient (Wildman–Crippen LogP) is 3.22. The lowest BCUT2D eigenvalue weighted by Gasteiger charge is -2.09. The summed E-state index contributed by atoms with van der Waals surface area (Å²) < 4.78 is 0. The minimum Gasteiger partial charge on any atom is -0.362 e. The lowest BCUT2D eigenvalue weighted by Crippen LogP contribution is -1.99. The molecule has 0 aliphatic heterocycles. The molecule has 2 heteroatoms. The van der Waals surface area contributed by atoms with Crippen LogP contribution in [0, 0.1) is 0 Å². The number of aromatic nitrogens is 1. The Balaban J connectivity index is 2.07. The molecule has 1 N–H and O–H groups in total. The van der Waals surface area contributed by atoms with E-state index in [1.54, 1.807) is 5.56 Å². The minimum atomic E-state index is 1.11. The third-order valence-corrected chi connectivity index (χ3v) is 3.31. The molecule has 1 aliphatic carbocycles. The van der Waals surface area contributed by atoms with Gasteiger partial charge in [0.15, 0.2) is 0 Å². The van der Waals surface area contributed by atoms with Crippen LogP contribution >= 0.6 is 15.9 Å². The SMILES string of the molecule is BrCCCc1cc2c([nH]1)CCCC2. The van der Waals surface area contributed by atoms with Crippen LogP contribution in [-0.2, 0) is 19.3 Å². The Morgan fingerprint density at radius 2 is 2.15 bits per heavy atom. The van der Waals surface area contributed by atoms with Crippen molar-refractivity contribution in [2.75, 3.05) is 5.33 Å². The first kappa shape index (κ1) is 9.32. The molecule has 0 aromatic carbocycles. The molecule has 1 nitrogen and oxygen atoms in total. The zero-order valence-corrected chi connectivity index (χ0v) is 9.49. The summed E-state index contributed by atoms with van der Waals surface area (Å²) >= 11 is 3.46. The van der Waals surface area contributed by atoms with E-state index < -0.39 is 0 Å². The van der Waals surface area contributed by atoms with Crippen molar-refractivity contribution >= 4 is 15.9 Å².